The minimum absolute atomic E-state index is 0.179. The number of rotatable bonds is 5. The Labute approximate surface area is 109 Å². The quantitative estimate of drug-likeness (QED) is 0.813. The number of hydrogen-bond donors (Lipinski definition) is 1. The van der Waals surface area contributed by atoms with E-state index in [0.717, 1.165) is 37.7 Å². The molecule has 0 radical (unpaired) electrons. The lowest BCUT2D eigenvalue weighted by atomic mass is 10.0. The van der Waals surface area contributed by atoms with Crippen molar-refractivity contribution in [3.05, 3.63) is 0 Å². The second kappa shape index (κ2) is 6.10. The van der Waals surface area contributed by atoms with Crippen molar-refractivity contribution in [2.75, 3.05) is 25.1 Å². The molecule has 2 rings (SSSR count). The highest BCUT2D eigenvalue weighted by Gasteiger charge is 2.29. The first-order valence-corrected chi connectivity index (χ1v) is 8.14. The summed E-state index contributed by atoms with van der Waals surface area (Å²) in [5.74, 6) is 1.47. The molecule has 0 aromatic carbocycles. The van der Waals surface area contributed by atoms with Gasteiger partial charge in [0.05, 0.1) is 0 Å². The number of nitrogens with one attached hydrogen (secondary N) is 1. The van der Waals surface area contributed by atoms with Crippen LogP contribution in [0.25, 0.3) is 0 Å². The summed E-state index contributed by atoms with van der Waals surface area (Å²) in [4.78, 5) is 14.2. The van der Waals surface area contributed by atoms with E-state index in [2.05, 4.69) is 16.5 Å². The molecular formula is C13H24N2OS. The van der Waals surface area contributed by atoms with Gasteiger partial charge in [0.1, 0.15) is 0 Å². The van der Waals surface area contributed by atoms with Crippen LogP contribution in [0.4, 0.5) is 0 Å². The summed E-state index contributed by atoms with van der Waals surface area (Å²) < 4.78 is 0. The fourth-order valence-electron chi connectivity index (χ4n) is 2.48. The molecule has 1 saturated heterocycles. The molecule has 1 unspecified atom stereocenters. The van der Waals surface area contributed by atoms with E-state index in [9.17, 15) is 4.79 Å². The molecule has 3 nitrogen and oxygen atoms in total. The predicted molar refractivity (Wildman–Crippen MR) is 73.3 cm³/mol. The molecule has 0 bridgehead atoms. The molecular weight excluding hydrogens is 232 g/mol. The zero-order valence-corrected chi connectivity index (χ0v) is 11.8. The van der Waals surface area contributed by atoms with Gasteiger partial charge in [-0.15, -0.1) is 0 Å². The summed E-state index contributed by atoms with van der Waals surface area (Å²) >= 11 is 1.76. The van der Waals surface area contributed by atoms with E-state index in [1.54, 1.807) is 11.8 Å². The van der Waals surface area contributed by atoms with Gasteiger partial charge in [0.2, 0.25) is 5.91 Å². The number of piperidine rings is 1. The van der Waals surface area contributed by atoms with Crippen LogP contribution in [0.1, 0.15) is 32.6 Å². The molecule has 4 heteroatoms. The molecule has 98 valence electrons. The lowest BCUT2D eigenvalue weighted by molar-refractivity contribution is -0.135. The van der Waals surface area contributed by atoms with Crippen molar-refractivity contribution in [3.63, 3.8) is 0 Å². The first-order valence-electron chi connectivity index (χ1n) is 6.74. The van der Waals surface area contributed by atoms with Crippen molar-refractivity contribution in [1.82, 2.24) is 10.2 Å². The maximum Gasteiger partial charge on any atom is 0.226 e. The van der Waals surface area contributed by atoms with Crippen LogP contribution in [0.15, 0.2) is 0 Å². The second-order valence-electron chi connectivity index (χ2n) is 5.40. The summed E-state index contributed by atoms with van der Waals surface area (Å²) in [7, 11) is 0. The van der Waals surface area contributed by atoms with Gasteiger partial charge >= 0.3 is 0 Å². The van der Waals surface area contributed by atoms with E-state index in [0.29, 0.717) is 11.9 Å². The Kier molecular flexibility index (Phi) is 4.74. The van der Waals surface area contributed by atoms with Gasteiger partial charge in [0, 0.05) is 36.8 Å². The largest absolute Gasteiger partial charge is 0.342 e. The molecule has 0 aromatic heterocycles. The predicted octanol–water partition coefficient (Wildman–Crippen LogP) is 1.73. The standard InChI is InChI=1S/C13H24N2OS/c1-10(9-17-2)13(16)15-7-5-12(6-8-15)14-11-3-4-11/h10-12,14H,3-9H2,1-2H3. The summed E-state index contributed by atoms with van der Waals surface area (Å²) in [5.41, 5.74) is 0. The Balaban J connectivity index is 1.71. The molecule has 1 aliphatic carbocycles. The maximum absolute atomic E-state index is 12.1. The summed E-state index contributed by atoms with van der Waals surface area (Å²) in [6.45, 7) is 3.94. The molecule has 17 heavy (non-hydrogen) atoms. The molecule has 0 aromatic rings. The number of nitrogens with zero attached hydrogens (tertiary/aromatic N) is 1. The highest BCUT2D eigenvalue weighted by atomic mass is 32.2. The summed E-state index contributed by atoms with van der Waals surface area (Å²) in [5, 5.41) is 3.66. The van der Waals surface area contributed by atoms with Gasteiger partial charge in [0.25, 0.3) is 0 Å². The third kappa shape index (κ3) is 3.88. The Morgan fingerprint density at radius 3 is 2.41 bits per heavy atom. The van der Waals surface area contributed by atoms with Crippen molar-refractivity contribution < 1.29 is 4.79 Å². The normalized spacial score (nSPS) is 23.8. The van der Waals surface area contributed by atoms with Gasteiger partial charge in [-0.3, -0.25) is 4.79 Å². The van der Waals surface area contributed by atoms with Crippen molar-refractivity contribution in [2.24, 2.45) is 5.92 Å². The van der Waals surface area contributed by atoms with Gasteiger partial charge in [-0.2, -0.15) is 11.8 Å². The number of hydrogen-bond acceptors (Lipinski definition) is 3. The van der Waals surface area contributed by atoms with Crippen LogP contribution in [0, 0.1) is 5.92 Å². The van der Waals surface area contributed by atoms with Gasteiger partial charge in [-0.05, 0) is 31.9 Å². The van der Waals surface area contributed by atoms with Crippen molar-refractivity contribution >= 4 is 17.7 Å². The van der Waals surface area contributed by atoms with Crippen LogP contribution in [0.5, 0.6) is 0 Å². The van der Waals surface area contributed by atoms with Crippen LogP contribution < -0.4 is 5.32 Å². The first-order chi connectivity index (χ1) is 8.20. The first kappa shape index (κ1) is 13.2. The van der Waals surface area contributed by atoms with E-state index in [1.807, 2.05) is 6.92 Å². The molecule has 0 spiro atoms. The molecule has 1 heterocycles. The van der Waals surface area contributed by atoms with Gasteiger partial charge < -0.3 is 10.2 Å². The van der Waals surface area contributed by atoms with Gasteiger partial charge in [-0.25, -0.2) is 0 Å². The summed E-state index contributed by atoms with van der Waals surface area (Å²) in [6.07, 6.45) is 7.03. The zero-order chi connectivity index (χ0) is 12.3. The van der Waals surface area contributed by atoms with E-state index in [4.69, 9.17) is 0 Å². The fourth-order valence-corrected chi connectivity index (χ4v) is 3.13. The van der Waals surface area contributed by atoms with E-state index in [1.165, 1.54) is 12.8 Å². The molecule has 1 N–H and O–H groups in total. The zero-order valence-electron chi connectivity index (χ0n) is 10.9. The lowest BCUT2D eigenvalue weighted by Crippen LogP contribution is -2.47. The Morgan fingerprint density at radius 1 is 1.29 bits per heavy atom. The fraction of sp³-hybridized carbons (Fsp3) is 0.923. The maximum atomic E-state index is 12.1. The van der Waals surface area contributed by atoms with Crippen molar-refractivity contribution in [3.8, 4) is 0 Å². The van der Waals surface area contributed by atoms with Crippen LogP contribution in [-0.2, 0) is 4.79 Å². The Hall–Kier alpha value is -0.220. The highest BCUT2D eigenvalue weighted by Crippen LogP contribution is 2.22. The lowest BCUT2D eigenvalue weighted by Gasteiger charge is -2.34. The molecule has 2 aliphatic rings. The average molecular weight is 256 g/mol. The number of amides is 1. The van der Waals surface area contributed by atoms with E-state index < -0.39 is 0 Å². The Morgan fingerprint density at radius 2 is 1.88 bits per heavy atom. The monoisotopic (exact) mass is 256 g/mol. The van der Waals surface area contributed by atoms with Crippen LogP contribution in [0.3, 0.4) is 0 Å². The summed E-state index contributed by atoms with van der Waals surface area (Å²) in [6, 6.07) is 1.44. The number of carbonyl (C=O) groups excluding carboxylic acids is 1. The molecule has 2 fully saturated rings. The minimum atomic E-state index is 0.179. The molecule has 1 amide bonds. The van der Waals surface area contributed by atoms with E-state index in [-0.39, 0.29) is 5.92 Å². The SMILES string of the molecule is CSCC(C)C(=O)N1CCC(NC2CC2)CC1. The Bertz CT molecular complexity index is 260. The number of likely N-dealkylation sites (tertiary alicyclic amines) is 1. The van der Waals surface area contributed by atoms with E-state index >= 15 is 0 Å². The molecule has 1 saturated carbocycles. The van der Waals surface area contributed by atoms with Crippen LogP contribution >= 0.6 is 11.8 Å². The molecule has 1 atom stereocenters. The van der Waals surface area contributed by atoms with Crippen molar-refractivity contribution in [1.29, 1.82) is 0 Å². The topological polar surface area (TPSA) is 32.3 Å². The third-order valence-electron chi connectivity index (χ3n) is 3.69. The smallest absolute Gasteiger partial charge is 0.226 e. The average Bonchev–Trinajstić information content (AvgIpc) is 3.13. The van der Waals surface area contributed by atoms with Gasteiger partial charge in [0.15, 0.2) is 0 Å². The molecule has 1 aliphatic heterocycles. The van der Waals surface area contributed by atoms with Crippen LogP contribution in [-0.4, -0.2) is 48.0 Å². The third-order valence-corrected chi connectivity index (χ3v) is 4.53. The minimum Gasteiger partial charge on any atom is -0.342 e. The second-order valence-corrected chi connectivity index (χ2v) is 6.31. The van der Waals surface area contributed by atoms with Crippen molar-refractivity contribution in [2.45, 2.75) is 44.7 Å². The number of thioether (sulfide) groups is 1. The van der Waals surface area contributed by atoms with Crippen LogP contribution in [0.2, 0.25) is 0 Å². The highest BCUT2D eigenvalue weighted by molar-refractivity contribution is 7.98. The number of carbonyl (C=O) groups is 1. The van der Waals surface area contributed by atoms with Gasteiger partial charge in [-0.1, -0.05) is 6.92 Å².